The summed E-state index contributed by atoms with van der Waals surface area (Å²) >= 11 is 0. The summed E-state index contributed by atoms with van der Waals surface area (Å²) in [5, 5.41) is 11.9. The van der Waals surface area contributed by atoms with Crippen LogP contribution in [0.15, 0.2) is 12.1 Å². The minimum Gasteiger partial charge on any atom is -0.386 e. The first-order chi connectivity index (χ1) is 9.38. The summed E-state index contributed by atoms with van der Waals surface area (Å²) in [5.74, 6) is 0. The molecule has 0 amide bonds. The summed E-state index contributed by atoms with van der Waals surface area (Å²) in [5.41, 5.74) is 6.28. The number of fused-ring (bicyclic) bond motifs is 2. The molecule has 0 aliphatic heterocycles. The Morgan fingerprint density at radius 2 is 1.80 bits per heavy atom. The van der Waals surface area contributed by atoms with Crippen molar-refractivity contribution in [1.82, 2.24) is 4.98 Å². The summed E-state index contributed by atoms with van der Waals surface area (Å²) in [7, 11) is 0. The van der Waals surface area contributed by atoms with Crippen LogP contribution in [0.5, 0.6) is 0 Å². The highest BCUT2D eigenvalue weighted by molar-refractivity contribution is 5.88. The molecule has 2 aromatic rings. The first-order valence-electron chi connectivity index (χ1n) is 7.53. The van der Waals surface area contributed by atoms with Crippen molar-refractivity contribution in [3.8, 4) is 0 Å². The lowest BCUT2D eigenvalue weighted by molar-refractivity contribution is 0.0788. The Morgan fingerprint density at radius 1 is 1.10 bits per heavy atom. The van der Waals surface area contributed by atoms with Crippen LogP contribution in [0.4, 0.5) is 0 Å². The number of rotatable bonds is 1. The van der Waals surface area contributed by atoms with Crippen LogP contribution in [0.3, 0.4) is 0 Å². The van der Waals surface area contributed by atoms with E-state index in [9.17, 15) is 5.11 Å². The normalized spacial score (nSPS) is 15.4. The van der Waals surface area contributed by atoms with Gasteiger partial charge in [0.15, 0.2) is 0 Å². The van der Waals surface area contributed by atoms with Crippen molar-refractivity contribution in [2.45, 2.75) is 59.0 Å². The Hall–Kier alpha value is -1.41. The second kappa shape index (κ2) is 4.56. The second-order valence-electron chi connectivity index (χ2n) is 6.65. The van der Waals surface area contributed by atoms with E-state index in [0.29, 0.717) is 0 Å². The average Bonchev–Trinajstić information content (AvgIpc) is 2.34. The number of pyridine rings is 1. The van der Waals surface area contributed by atoms with E-state index >= 15 is 0 Å². The Balaban J connectivity index is 2.46. The number of benzene rings is 1. The maximum Gasteiger partial charge on any atom is 0.0850 e. The van der Waals surface area contributed by atoms with Crippen LogP contribution in [0.1, 0.15) is 54.6 Å². The molecule has 0 spiro atoms. The Kier molecular flexibility index (Phi) is 3.09. The number of hydrogen-bond donors (Lipinski definition) is 1. The third kappa shape index (κ3) is 2.12. The highest BCUT2D eigenvalue weighted by Gasteiger charge is 2.28. The first-order valence-corrected chi connectivity index (χ1v) is 7.53. The fourth-order valence-corrected chi connectivity index (χ4v) is 3.61. The number of hydrogen-bond acceptors (Lipinski definition) is 2. The minimum absolute atomic E-state index is 0.817. The minimum atomic E-state index is -0.817. The molecule has 0 atom stereocenters. The molecule has 106 valence electrons. The molecule has 0 unspecified atom stereocenters. The molecule has 2 nitrogen and oxygen atoms in total. The predicted molar refractivity (Wildman–Crippen MR) is 83.1 cm³/mol. The smallest absolute Gasteiger partial charge is 0.0850 e. The highest BCUT2D eigenvalue weighted by atomic mass is 16.3. The third-order valence-corrected chi connectivity index (χ3v) is 4.32. The summed E-state index contributed by atoms with van der Waals surface area (Å²) in [6, 6.07) is 4.33. The van der Waals surface area contributed by atoms with Crippen LogP contribution >= 0.6 is 0 Å². The Bertz CT molecular complexity index is 680. The van der Waals surface area contributed by atoms with Crippen LogP contribution in [0.2, 0.25) is 0 Å². The number of aromatic nitrogens is 1. The highest BCUT2D eigenvalue weighted by Crippen LogP contribution is 2.37. The van der Waals surface area contributed by atoms with Gasteiger partial charge in [0.25, 0.3) is 0 Å². The van der Waals surface area contributed by atoms with Crippen molar-refractivity contribution < 1.29 is 5.11 Å². The van der Waals surface area contributed by atoms with Crippen LogP contribution in [0, 0.1) is 13.8 Å². The van der Waals surface area contributed by atoms with Crippen molar-refractivity contribution in [3.05, 3.63) is 40.1 Å². The molecule has 2 heteroatoms. The van der Waals surface area contributed by atoms with E-state index in [4.69, 9.17) is 4.98 Å². The largest absolute Gasteiger partial charge is 0.386 e. The van der Waals surface area contributed by atoms with Crippen LogP contribution in [0.25, 0.3) is 10.9 Å². The van der Waals surface area contributed by atoms with Crippen LogP contribution in [-0.2, 0) is 18.4 Å². The zero-order valence-corrected chi connectivity index (χ0v) is 12.9. The predicted octanol–water partition coefficient (Wildman–Crippen LogP) is 3.96. The van der Waals surface area contributed by atoms with Gasteiger partial charge in [0.1, 0.15) is 0 Å². The van der Waals surface area contributed by atoms with Gasteiger partial charge in [0.2, 0.25) is 0 Å². The Morgan fingerprint density at radius 3 is 2.50 bits per heavy atom. The molecular weight excluding hydrogens is 246 g/mol. The molecule has 1 aromatic carbocycles. The van der Waals surface area contributed by atoms with Gasteiger partial charge in [-0.2, -0.15) is 0 Å². The zero-order chi connectivity index (χ0) is 14.5. The van der Waals surface area contributed by atoms with E-state index in [0.717, 1.165) is 29.3 Å². The average molecular weight is 269 g/mol. The van der Waals surface area contributed by atoms with Crippen LogP contribution in [-0.4, -0.2) is 10.1 Å². The molecule has 0 saturated heterocycles. The molecule has 3 rings (SSSR count). The van der Waals surface area contributed by atoms with Crippen molar-refractivity contribution in [3.63, 3.8) is 0 Å². The van der Waals surface area contributed by atoms with E-state index in [1.54, 1.807) is 0 Å². The van der Waals surface area contributed by atoms with E-state index in [2.05, 4.69) is 26.0 Å². The monoisotopic (exact) mass is 269 g/mol. The van der Waals surface area contributed by atoms with Crippen molar-refractivity contribution in [2.75, 3.05) is 0 Å². The van der Waals surface area contributed by atoms with E-state index in [-0.39, 0.29) is 0 Å². The van der Waals surface area contributed by atoms with Gasteiger partial charge in [-0.3, -0.25) is 4.98 Å². The molecule has 1 aliphatic carbocycles. The van der Waals surface area contributed by atoms with E-state index < -0.39 is 5.60 Å². The summed E-state index contributed by atoms with van der Waals surface area (Å²) < 4.78 is 0. The maximum atomic E-state index is 10.7. The molecule has 0 fully saturated rings. The molecule has 1 N–H and O–H groups in total. The standard InChI is InChI=1S/C18H23NO/c1-11-9-12(2)16-15(10-11)19-14-8-6-5-7-13(14)17(16)18(3,4)20/h9-10,20H,5-8H2,1-4H3. The van der Waals surface area contributed by atoms with Gasteiger partial charge in [0, 0.05) is 11.1 Å². The quantitative estimate of drug-likeness (QED) is 0.850. The number of aryl methyl sites for hydroxylation is 3. The number of aliphatic hydroxyl groups is 1. The summed E-state index contributed by atoms with van der Waals surface area (Å²) in [6.45, 7) is 8.03. The van der Waals surface area contributed by atoms with Gasteiger partial charge in [-0.25, -0.2) is 0 Å². The van der Waals surface area contributed by atoms with Gasteiger partial charge in [-0.1, -0.05) is 6.07 Å². The SMILES string of the molecule is Cc1cc(C)c2c(C(C)(C)O)c3c(nc2c1)CCCC3. The molecule has 0 bridgehead atoms. The fourth-order valence-electron chi connectivity index (χ4n) is 3.61. The zero-order valence-electron chi connectivity index (χ0n) is 12.9. The van der Waals surface area contributed by atoms with Gasteiger partial charge < -0.3 is 5.11 Å². The summed E-state index contributed by atoms with van der Waals surface area (Å²) in [6.07, 6.45) is 4.50. The topological polar surface area (TPSA) is 33.1 Å². The molecule has 0 saturated carbocycles. The first kappa shape index (κ1) is 13.6. The lowest BCUT2D eigenvalue weighted by atomic mass is 9.82. The molecule has 1 aromatic heterocycles. The van der Waals surface area contributed by atoms with Gasteiger partial charge in [-0.15, -0.1) is 0 Å². The van der Waals surface area contributed by atoms with E-state index in [1.165, 1.54) is 35.2 Å². The fraction of sp³-hybridized carbons (Fsp3) is 0.500. The molecule has 1 heterocycles. The van der Waals surface area contributed by atoms with Gasteiger partial charge in [0.05, 0.1) is 11.1 Å². The lowest BCUT2D eigenvalue weighted by Crippen LogP contribution is -2.22. The van der Waals surface area contributed by atoms with Gasteiger partial charge in [-0.05, 0) is 81.7 Å². The summed E-state index contributed by atoms with van der Waals surface area (Å²) in [4.78, 5) is 4.90. The van der Waals surface area contributed by atoms with Crippen molar-refractivity contribution in [1.29, 1.82) is 0 Å². The third-order valence-electron chi connectivity index (χ3n) is 4.32. The van der Waals surface area contributed by atoms with Crippen LogP contribution < -0.4 is 0 Å². The molecule has 20 heavy (non-hydrogen) atoms. The molecular formula is C18H23NO. The Labute approximate surface area is 120 Å². The van der Waals surface area contributed by atoms with Gasteiger partial charge >= 0.3 is 0 Å². The molecule has 1 aliphatic rings. The second-order valence-corrected chi connectivity index (χ2v) is 6.65. The molecule has 0 radical (unpaired) electrons. The van der Waals surface area contributed by atoms with Crippen molar-refractivity contribution in [2.24, 2.45) is 0 Å². The van der Waals surface area contributed by atoms with E-state index in [1.807, 2.05) is 13.8 Å². The lowest BCUT2D eigenvalue weighted by Gasteiger charge is -2.28. The number of nitrogens with zero attached hydrogens (tertiary/aromatic N) is 1. The van der Waals surface area contributed by atoms with Crippen molar-refractivity contribution >= 4 is 10.9 Å². The maximum absolute atomic E-state index is 10.7.